The van der Waals surface area contributed by atoms with E-state index in [-0.39, 0.29) is 11.9 Å². The van der Waals surface area contributed by atoms with E-state index in [4.69, 9.17) is 4.98 Å². The van der Waals surface area contributed by atoms with Crippen LogP contribution in [0.25, 0.3) is 11.5 Å². The topological polar surface area (TPSA) is 95.4 Å². The molecule has 34 heavy (non-hydrogen) atoms. The van der Waals surface area contributed by atoms with E-state index in [2.05, 4.69) is 31.7 Å². The molecule has 5 rings (SSSR count). The van der Waals surface area contributed by atoms with Gasteiger partial charge in [-0.2, -0.15) is 4.39 Å². The summed E-state index contributed by atoms with van der Waals surface area (Å²) < 4.78 is 36.6. The largest absolute Gasteiger partial charge is 0.369 e. The molecule has 0 N–H and O–H groups in total. The van der Waals surface area contributed by atoms with Crippen LogP contribution < -0.4 is 9.80 Å². The second-order valence-electron chi connectivity index (χ2n) is 8.52. The van der Waals surface area contributed by atoms with E-state index < -0.39 is 16.7 Å². The van der Waals surface area contributed by atoms with Gasteiger partial charge in [0.1, 0.15) is 11.5 Å². The van der Waals surface area contributed by atoms with E-state index in [0.717, 1.165) is 22.6 Å². The van der Waals surface area contributed by atoms with Gasteiger partial charge in [0.25, 0.3) is 0 Å². The lowest BCUT2D eigenvalue weighted by Crippen LogP contribution is -2.47. The first-order valence-electron chi connectivity index (χ1n) is 11.3. The van der Waals surface area contributed by atoms with Crippen LogP contribution in [0.4, 0.5) is 15.9 Å². The minimum Gasteiger partial charge on any atom is -0.369 e. The molecule has 9 nitrogen and oxygen atoms in total. The zero-order valence-electron chi connectivity index (χ0n) is 18.8. The fraction of sp³-hybridized carbons (Fsp3) is 0.391. The van der Waals surface area contributed by atoms with E-state index >= 15 is 0 Å². The average Bonchev–Trinajstić information content (AvgIpc) is 2.84. The summed E-state index contributed by atoms with van der Waals surface area (Å²) in [5, 5.41) is 0. The number of pyridine rings is 2. The van der Waals surface area contributed by atoms with Crippen molar-refractivity contribution < 1.29 is 12.8 Å². The van der Waals surface area contributed by atoms with Crippen LogP contribution in [0.15, 0.2) is 42.7 Å². The molecule has 0 radical (unpaired) electrons. The quantitative estimate of drug-likeness (QED) is 0.431. The molecule has 1 fully saturated rings. The Kier molecular flexibility index (Phi) is 6.38. The number of hydrogen-bond acceptors (Lipinski definition) is 9. The van der Waals surface area contributed by atoms with E-state index in [1.54, 1.807) is 6.20 Å². The van der Waals surface area contributed by atoms with Crippen LogP contribution in [-0.4, -0.2) is 71.9 Å². The van der Waals surface area contributed by atoms with E-state index in [0.29, 0.717) is 50.8 Å². The van der Waals surface area contributed by atoms with Crippen LogP contribution in [0.2, 0.25) is 0 Å². The molecule has 2 aliphatic rings. The van der Waals surface area contributed by atoms with E-state index in [9.17, 15) is 12.8 Å². The first-order chi connectivity index (χ1) is 16.5. The summed E-state index contributed by atoms with van der Waals surface area (Å²) in [5.41, 5.74) is 3.47. The van der Waals surface area contributed by atoms with Crippen molar-refractivity contribution >= 4 is 22.2 Å². The molecule has 1 unspecified atom stereocenters. The maximum atomic E-state index is 14.6. The van der Waals surface area contributed by atoms with Crippen molar-refractivity contribution in [1.82, 2.24) is 24.8 Å². The van der Waals surface area contributed by atoms with E-state index in [1.165, 1.54) is 6.07 Å². The van der Waals surface area contributed by atoms with Gasteiger partial charge >= 0.3 is 0 Å². The summed E-state index contributed by atoms with van der Waals surface area (Å²) >= 11 is 0. The Morgan fingerprint density at radius 1 is 1.06 bits per heavy atom. The van der Waals surface area contributed by atoms with Gasteiger partial charge in [-0.1, -0.05) is 6.07 Å². The molecule has 0 bridgehead atoms. The van der Waals surface area contributed by atoms with Gasteiger partial charge < -0.3 is 9.80 Å². The lowest BCUT2D eigenvalue weighted by atomic mass is 9.99. The van der Waals surface area contributed by atoms with Gasteiger partial charge in [-0.05, 0) is 19.1 Å². The SMILES string of the molecule is CC1c2cnc(-c3ccccn3)nc2CCN1c1cc(N2CCN(C[SH](=O)=O)CC2)cc(F)n1. The van der Waals surface area contributed by atoms with Crippen molar-refractivity contribution in [1.29, 1.82) is 0 Å². The van der Waals surface area contributed by atoms with Crippen molar-refractivity contribution in [3.8, 4) is 11.5 Å². The normalized spacial score (nSPS) is 18.9. The highest BCUT2D eigenvalue weighted by atomic mass is 32.2. The van der Waals surface area contributed by atoms with Gasteiger partial charge in [0, 0.05) is 74.9 Å². The Morgan fingerprint density at radius 3 is 2.62 bits per heavy atom. The number of aromatic nitrogens is 4. The molecule has 0 spiro atoms. The minimum absolute atomic E-state index is 0.0612. The molecule has 1 atom stereocenters. The number of fused-ring (bicyclic) bond motifs is 1. The van der Waals surface area contributed by atoms with Crippen molar-refractivity contribution in [2.45, 2.75) is 19.4 Å². The zero-order valence-corrected chi connectivity index (χ0v) is 19.7. The maximum absolute atomic E-state index is 14.6. The van der Waals surface area contributed by atoms with Gasteiger partial charge in [0.2, 0.25) is 5.95 Å². The van der Waals surface area contributed by atoms with Crippen LogP contribution >= 0.6 is 0 Å². The molecule has 0 aromatic carbocycles. The number of anilines is 2. The van der Waals surface area contributed by atoms with Crippen LogP contribution in [0.5, 0.6) is 0 Å². The van der Waals surface area contributed by atoms with Gasteiger partial charge in [-0.25, -0.2) is 23.4 Å². The number of halogens is 1. The third-order valence-electron chi connectivity index (χ3n) is 6.41. The second kappa shape index (κ2) is 9.59. The second-order valence-corrected chi connectivity index (χ2v) is 9.46. The lowest BCUT2D eigenvalue weighted by Gasteiger charge is -2.37. The van der Waals surface area contributed by atoms with Gasteiger partial charge in [0.05, 0.1) is 17.6 Å². The lowest BCUT2D eigenvalue weighted by molar-refractivity contribution is 0.296. The highest BCUT2D eigenvalue weighted by molar-refractivity contribution is 7.72. The number of hydrogen-bond donors (Lipinski definition) is 1. The Morgan fingerprint density at radius 2 is 1.88 bits per heavy atom. The zero-order chi connectivity index (χ0) is 23.7. The molecule has 0 saturated carbocycles. The third-order valence-corrected chi connectivity index (χ3v) is 7.04. The Labute approximate surface area is 199 Å². The predicted octanol–water partition coefficient (Wildman–Crippen LogP) is 1.89. The molecule has 178 valence electrons. The summed E-state index contributed by atoms with van der Waals surface area (Å²) in [6, 6.07) is 8.95. The summed E-state index contributed by atoms with van der Waals surface area (Å²) in [4.78, 5) is 23.8. The molecule has 1 saturated heterocycles. The highest BCUT2D eigenvalue weighted by Crippen LogP contribution is 2.34. The van der Waals surface area contributed by atoms with E-state index in [1.807, 2.05) is 35.4 Å². The van der Waals surface area contributed by atoms with Crippen molar-refractivity contribution in [2.24, 2.45) is 0 Å². The molecular weight excluding hydrogens is 457 g/mol. The minimum atomic E-state index is -2.44. The summed E-state index contributed by atoms with van der Waals surface area (Å²) in [6.45, 7) is 5.21. The Balaban J connectivity index is 1.35. The highest BCUT2D eigenvalue weighted by Gasteiger charge is 2.28. The monoisotopic (exact) mass is 483 g/mol. The van der Waals surface area contributed by atoms with Gasteiger partial charge in [-0.15, -0.1) is 0 Å². The summed E-state index contributed by atoms with van der Waals surface area (Å²) in [6.07, 6.45) is 4.26. The molecule has 3 aromatic heterocycles. The predicted molar refractivity (Wildman–Crippen MR) is 128 cm³/mol. The number of nitrogens with zero attached hydrogens (tertiary/aromatic N) is 7. The Bertz CT molecular complexity index is 1240. The van der Waals surface area contributed by atoms with Gasteiger partial charge in [0.15, 0.2) is 16.5 Å². The molecule has 11 heteroatoms. The van der Waals surface area contributed by atoms with Crippen molar-refractivity contribution in [3.63, 3.8) is 0 Å². The fourth-order valence-electron chi connectivity index (χ4n) is 4.61. The molecule has 5 heterocycles. The maximum Gasteiger partial charge on any atom is 0.216 e. The molecule has 2 aliphatic heterocycles. The first kappa shape index (κ1) is 22.6. The summed E-state index contributed by atoms with van der Waals surface area (Å²) in [7, 11) is -2.44. The molecule has 3 aromatic rings. The fourth-order valence-corrected chi connectivity index (χ4v) is 5.21. The van der Waals surface area contributed by atoms with Crippen molar-refractivity contribution in [3.05, 3.63) is 59.9 Å². The summed E-state index contributed by atoms with van der Waals surface area (Å²) in [5.74, 6) is 0.713. The Hall–Kier alpha value is -3.18. The third kappa shape index (κ3) is 4.71. The van der Waals surface area contributed by atoms with Crippen molar-refractivity contribution in [2.75, 3.05) is 48.4 Å². The molecule has 0 amide bonds. The average molecular weight is 484 g/mol. The number of rotatable bonds is 5. The molecule has 0 aliphatic carbocycles. The van der Waals surface area contributed by atoms with Crippen LogP contribution in [0, 0.1) is 5.95 Å². The number of piperazine rings is 1. The van der Waals surface area contributed by atoms with Crippen LogP contribution in [0.3, 0.4) is 0 Å². The first-order valence-corrected chi connectivity index (χ1v) is 12.6. The smallest absolute Gasteiger partial charge is 0.216 e. The number of thiol groups is 1. The molecular formula is C23H26FN7O2S. The van der Waals surface area contributed by atoms with Crippen LogP contribution in [0.1, 0.15) is 24.2 Å². The van der Waals surface area contributed by atoms with Gasteiger partial charge in [-0.3, -0.25) is 9.88 Å². The standard InChI is InChI=1S/C23H26FN7O2S/c1-16-18-14-26-23(20-4-2-3-6-25-20)27-19(18)5-7-31(16)22-13-17(12-21(24)28-22)30-10-8-29(9-11-30)15-34(32)33/h2-4,6,12-14,16,34H,5,7-11,15H2,1H3. The van der Waals surface area contributed by atoms with Crippen LogP contribution in [-0.2, 0) is 17.1 Å².